The average molecular weight is 382 g/mol. The highest BCUT2D eigenvalue weighted by molar-refractivity contribution is 14.1. The third-order valence-corrected chi connectivity index (χ3v) is 4.31. The maximum atomic E-state index is 13.1. The van der Waals surface area contributed by atoms with Crippen molar-refractivity contribution in [2.75, 3.05) is 6.54 Å². The Balaban J connectivity index is 1.86. The van der Waals surface area contributed by atoms with E-state index in [1.165, 1.54) is 12.1 Å². The Labute approximate surface area is 130 Å². The molecule has 102 valence electrons. The molecule has 0 spiro atoms. The number of carbonyl (C=O) groups excluding carboxylic acids is 1. The van der Waals surface area contributed by atoms with Gasteiger partial charge in [-0.15, -0.1) is 0 Å². The van der Waals surface area contributed by atoms with Gasteiger partial charge >= 0.3 is 0 Å². The number of fused-ring (bicyclic) bond motifs is 1. The molecule has 0 unspecified atom stereocenters. The van der Waals surface area contributed by atoms with E-state index in [4.69, 9.17) is 0 Å². The van der Waals surface area contributed by atoms with Crippen LogP contribution in [-0.4, -0.2) is 22.3 Å². The van der Waals surface area contributed by atoms with Gasteiger partial charge in [0.1, 0.15) is 5.82 Å². The van der Waals surface area contributed by atoms with Crippen molar-refractivity contribution in [2.45, 2.75) is 13.0 Å². The quantitative estimate of drug-likeness (QED) is 0.711. The molecule has 3 nitrogen and oxygen atoms in total. The second-order valence-electron chi connectivity index (χ2n) is 4.71. The third-order valence-electron chi connectivity index (χ3n) is 3.41. The molecule has 0 bridgehead atoms. The first-order valence-electron chi connectivity index (χ1n) is 6.32. The monoisotopic (exact) mass is 382 g/mol. The predicted octanol–water partition coefficient (Wildman–Crippen LogP) is 3.02. The van der Waals surface area contributed by atoms with E-state index < -0.39 is 0 Å². The minimum atomic E-state index is -0.320. The summed E-state index contributed by atoms with van der Waals surface area (Å²) in [6, 6.07) is 8.14. The first-order chi connectivity index (χ1) is 9.65. The number of halogens is 2. The Kier molecular flexibility index (Phi) is 3.69. The topological polar surface area (TPSA) is 33.2 Å². The van der Waals surface area contributed by atoms with Crippen LogP contribution < -0.4 is 0 Å². The molecule has 0 fully saturated rings. The molecule has 3 rings (SSSR count). The van der Waals surface area contributed by atoms with Gasteiger partial charge in [0.2, 0.25) is 0 Å². The van der Waals surface area contributed by atoms with E-state index in [9.17, 15) is 9.18 Å². The van der Waals surface area contributed by atoms with E-state index in [0.717, 1.165) is 17.7 Å². The van der Waals surface area contributed by atoms with Gasteiger partial charge in [-0.3, -0.25) is 9.78 Å². The minimum Gasteiger partial charge on any atom is -0.334 e. The molecule has 0 radical (unpaired) electrons. The lowest BCUT2D eigenvalue weighted by atomic mass is 10.0. The van der Waals surface area contributed by atoms with Crippen molar-refractivity contribution >= 4 is 28.5 Å². The van der Waals surface area contributed by atoms with Gasteiger partial charge in [-0.2, -0.15) is 0 Å². The Hall–Kier alpha value is -1.50. The van der Waals surface area contributed by atoms with Crippen molar-refractivity contribution in [1.29, 1.82) is 0 Å². The maximum Gasteiger partial charge on any atom is 0.255 e. The van der Waals surface area contributed by atoms with E-state index in [0.29, 0.717) is 22.2 Å². The molecule has 1 aliphatic rings. The summed E-state index contributed by atoms with van der Waals surface area (Å²) in [6.07, 6.45) is 2.54. The van der Waals surface area contributed by atoms with Gasteiger partial charge in [0, 0.05) is 35.0 Å². The molecule has 1 aromatic heterocycles. The lowest BCUT2D eigenvalue weighted by molar-refractivity contribution is 0.0732. The Morgan fingerprint density at radius 3 is 3.00 bits per heavy atom. The van der Waals surface area contributed by atoms with E-state index in [-0.39, 0.29) is 11.7 Å². The van der Waals surface area contributed by atoms with Gasteiger partial charge in [-0.25, -0.2) is 4.39 Å². The van der Waals surface area contributed by atoms with Crippen molar-refractivity contribution in [3.63, 3.8) is 0 Å². The summed E-state index contributed by atoms with van der Waals surface area (Å²) < 4.78 is 13.8. The molecule has 0 aliphatic carbocycles. The Bertz CT molecular complexity index is 675. The van der Waals surface area contributed by atoms with Crippen LogP contribution >= 0.6 is 22.6 Å². The number of hydrogen-bond acceptors (Lipinski definition) is 2. The molecule has 5 heteroatoms. The molecular weight excluding hydrogens is 370 g/mol. The van der Waals surface area contributed by atoms with Crippen LogP contribution in [0.1, 0.15) is 21.6 Å². The minimum absolute atomic E-state index is 0.0519. The van der Waals surface area contributed by atoms with Crippen molar-refractivity contribution < 1.29 is 9.18 Å². The molecule has 0 N–H and O–H groups in total. The normalized spacial score (nSPS) is 14.0. The Morgan fingerprint density at radius 1 is 1.35 bits per heavy atom. The lowest BCUT2D eigenvalue weighted by Gasteiger charge is -2.28. The van der Waals surface area contributed by atoms with Crippen LogP contribution in [0.3, 0.4) is 0 Å². The highest BCUT2D eigenvalue weighted by atomic mass is 127. The van der Waals surface area contributed by atoms with E-state index in [1.54, 1.807) is 17.2 Å². The molecule has 1 aliphatic heterocycles. The summed E-state index contributed by atoms with van der Waals surface area (Å²) in [5.74, 6) is -0.372. The molecular formula is C15H12FIN2O. The van der Waals surface area contributed by atoms with Crippen LogP contribution in [0.5, 0.6) is 0 Å². The van der Waals surface area contributed by atoms with Crippen molar-refractivity contribution in [1.82, 2.24) is 9.88 Å². The average Bonchev–Trinajstić information content (AvgIpc) is 2.46. The fraction of sp³-hybridized carbons (Fsp3) is 0.200. The van der Waals surface area contributed by atoms with Crippen LogP contribution in [0.2, 0.25) is 0 Å². The molecule has 0 saturated heterocycles. The standard InChI is InChI=1S/C15H12FIN2O/c16-11-3-4-12(13(17)8-11)15(20)19-7-5-14-10(9-19)2-1-6-18-14/h1-4,6,8H,5,7,9H2. The molecule has 1 aromatic carbocycles. The van der Waals surface area contributed by atoms with Gasteiger partial charge in [0.05, 0.1) is 5.56 Å². The summed E-state index contributed by atoms with van der Waals surface area (Å²) in [6.45, 7) is 1.21. The van der Waals surface area contributed by atoms with Gasteiger partial charge in [0.15, 0.2) is 0 Å². The second-order valence-corrected chi connectivity index (χ2v) is 5.87. The van der Waals surface area contributed by atoms with Gasteiger partial charge in [-0.1, -0.05) is 6.07 Å². The molecule has 2 aromatic rings. The third kappa shape index (κ3) is 2.54. The fourth-order valence-corrected chi connectivity index (χ4v) is 3.08. The largest absolute Gasteiger partial charge is 0.334 e. The summed E-state index contributed by atoms with van der Waals surface area (Å²) in [5.41, 5.74) is 2.70. The highest BCUT2D eigenvalue weighted by Gasteiger charge is 2.23. The molecule has 20 heavy (non-hydrogen) atoms. The van der Waals surface area contributed by atoms with Gasteiger partial charge in [-0.05, 0) is 52.4 Å². The van der Waals surface area contributed by atoms with Crippen LogP contribution in [0.25, 0.3) is 0 Å². The number of benzene rings is 1. The van der Waals surface area contributed by atoms with Crippen LogP contribution in [-0.2, 0) is 13.0 Å². The second kappa shape index (κ2) is 5.47. The van der Waals surface area contributed by atoms with E-state index in [2.05, 4.69) is 4.98 Å². The molecule has 1 amide bonds. The number of aromatic nitrogens is 1. The smallest absolute Gasteiger partial charge is 0.255 e. The number of carbonyl (C=O) groups is 1. The fourth-order valence-electron chi connectivity index (χ4n) is 2.37. The van der Waals surface area contributed by atoms with Crippen LogP contribution in [0, 0.1) is 9.39 Å². The lowest BCUT2D eigenvalue weighted by Crippen LogP contribution is -2.36. The SMILES string of the molecule is O=C(c1ccc(F)cc1I)N1CCc2ncccc2C1. The van der Waals surface area contributed by atoms with Gasteiger partial charge < -0.3 is 4.90 Å². The van der Waals surface area contributed by atoms with Crippen molar-refractivity contribution in [2.24, 2.45) is 0 Å². The first-order valence-corrected chi connectivity index (χ1v) is 7.40. The first kappa shape index (κ1) is 13.5. The molecule has 2 heterocycles. The van der Waals surface area contributed by atoms with E-state index in [1.807, 2.05) is 34.7 Å². The van der Waals surface area contributed by atoms with Gasteiger partial charge in [0.25, 0.3) is 5.91 Å². The highest BCUT2D eigenvalue weighted by Crippen LogP contribution is 2.21. The number of rotatable bonds is 1. The summed E-state index contributed by atoms with van der Waals surface area (Å²) in [4.78, 5) is 18.6. The van der Waals surface area contributed by atoms with Crippen LogP contribution in [0.15, 0.2) is 36.5 Å². The predicted molar refractivity (Wildman–Crippen MR) is 81.8 cm³/mol. The van der Waals surface area contributed by atoms with Crippen molar-refractivity contribution in [3.05, 3.63) is 62.7 Å². The maximum absolute atomic E-state index is 13.1. The Morgan fingerprint density at radius 2 is 2.20 bits per heavy atom. The number of hydrogen-bond donors (Lipinski definition) is 0. The zero-order chi connectivity index (χ0) is 14.1. The number of pyridine rings is 1. The zero-order valence-corrected chi connectivity index (χ0v) is 12.8. The number of amides is 1. The van der Waals surface area contributed by atoms with Crippen LogP contribution in [0.4, 0.5) is 4.39 Å². The molecule has 0 saturated carbocycles. The zero-order valence-electron chi connectivity index (χ0n) is 10.6. The summed E-state index contributed by atoms with van der Waals surface area (Å²) in [5, 5.41) is 0. The van der Waals surface area contributed by atoms with E-state index >= 15 is 0 Å². The number of nitrogens with zero attached hydrogens (tertiary/aromatic N) is 2. The molecule has 0 atom stereocenters. The van der Waals surface area contributed by atoms with Crippen molar-refractivity contribution in [3.8, 4) is 0 Å². The summed E-state index contributed by atoms with van der Waals surface area (Å²) in [7, 11) is 0. The summed E-state index contributed by atoms with van der Waals surface area (Å²) >= 11 is 2.00.